The zero-order valence-electron chi connectivity index (χ0n) is 20.9. The van der Waals surface area contributed by atoms with E-state index in [0.717, 1.165) is 50.7 Å². The van der Waals surface area contributed by atoms with Crippen LogP contribution in [-0.4, -0.2) is 24.5 Å². The summed E-state index contributed by atoms with van der Waals surface area (Å²) in [5.41, 5.74) is 8.64. The second-order valence-electron chi connectivity index (χ2n) is 9.53. The predicted molar refractivity (Wildman–Crippen MR) is 157 cm³/mol. The lowest BCUT2D eigenvalue weighted by Gasteiger charge is -2.27. The third-order valence-electron chi connectivity index (χ3n) is 7.32. The third-order valence-corrected chi connectivity index (χ3v) is 7.32. The number of benzene rings is 4. The fraction of sp³-hybridized carbons (Fsp3) is 0. The molecule has 39 heavy (non-hydrogen) atoms. The first-order valence-electron chi connectivity index (χ1n) is 12.9. The van der Waals surface area contributed by atoms with Gasteiger partial charge in [0.05, 0.1) is 40.5 Å². The molecule has 184 valence electrons. The van der Waals surface area contributed by atoms with Crippen LogP contribution >= 0.6 is 0 Å². The predicted octanol–water partition coefficient (Wildman–Crippen LogP) is 7.71. The van der Waals surface area contributed by atoms with Crippen LogP contribution in [0.15, 0.2) is 122 Å². The largest absolute Gasteiger partial charge is 0.309 e. The average Bonchev–Trinajstić information content (AvgIpc) is 3.60. The number of nitrogens with zero attached hydrogens (tertiary/aromatic N) is 6. The molecule has 0 saturated heterocycles. The van der Waals surface area contributed by atoms with Crippen molar-refractivity contribution in [1.82, 2.24) is 24.5 Å². The number of rotatable bonds is 3. The molecule has 0 saturated carbocycles. The molecule has 0 aliphatic carbocycles. The highest BCUT2D eigenvalue weighted by molar-refractivity contribution is 6.10. The highest BCUT2D eigenvalue weighted by Gasteiger charge is 2.22. The monoisotopic (exact) mass is 502 g/mol. The molecule has 3 aromatic heterocycles. The number of pyridine rings is 1. The highest BCUT2D eigenvalue weighted by Crippen LogP contribution is 2.44. The Kier molecular flexibility index (Phi) is 4.72. The van der Waals surface area contributed by atoms with Crippen LogP contribution in [0.2, 0.25) is 0 Å². The lowest BCUT2D eigenvalue weighted by molar-refractivity contribution is 0.752. The maximum atomic E-state index is 4.71. The minimum atomic E-state index is 0.895. The Balaban J connectivity index is 1.42. The number of aromatic nitrogens is 5. The van der Waals surface area contributed by atoms with E-state index >= 15 is 0 Å². The molecule has 6 nitrogen and oxygen atoms in total. The van der Waals surface area contributed by atoms with E-state index in [2.05, 4.69) is 123 Å². The minimum absolute atomic E-state index is 0.895. The van der Waals surface area contributed by atoms with E-state index in [0.29, 0.717) is 0 Å². The van der Waals surface area contributed by atoms with Crippen molar-refractivity contribution in [3.05, 3.63) is 133 Å². The van der Waals surface area contributed by atoms with Crippen molar-refractivity contribution in [1.29, 1.82) is 0 Å². The Morgan fingerprint density at radius 2 is 1.26 bits per heavy atom. The van der Waals surface area contributed by atoms with Gasteiger partial charge in [-0.15, -0.1) is 0 Å². The Morgan fingerprint density at radius 1 is 0.513 bits per heavy atom. The van der Waals surface area contributed by atoms with E-state index in [1.807, 2.05) is 18.3 Å². The smallest absolute Gasteiger partial charge is 0.137 e. The van der Waals surface area contributed by atoms with Crippen LogP contribution in [0.3, 0.4) is 0 Å². The molecule has 0 radical (unpaired) electrons. The van der Waals surface area contributed by atoms with Crippen molar-refractivity contribution in [2.45, 2.75) is 0 Å². The van der Waals surface area contributed by atoms with Crippen molar-refractivity contribution in [3.8, 4) is 11.5 Å². The van der Waals surface area contributed by atoms with Gasteiger partial charge < -0.3 is 4.90 Å². The van der Waals surface area contributed by atoms with Gasteiger partial charge in [-0.05, 0) is 59.7 Å². The summed E-state index contributed by atoms with van der Waals surface area (Å²) in [4.78, 5) is 8.70. The van der Waals surface area contributed by atoms with Gasteiger partial charge in [0.2, 0.25) is 0 Å². The molecule has 0 unspecified atom stereocenters. The number of para-hydroxylation sites is 2. The van der Waals surface area contributed by atoms with Gasteiger partial charge in [0.25, 0.3) is 0 Å². The molecule has 0 bridgehead atoms. The van der Waals surface area contributed by atoms with Gasteiger partial charge in [0.15, 0.2) is 0 Å². The number of hydrogen-bond donors (Lipinski definition) is 0. The van der Waals surface area contributed by atoms with Crippen molar-refractivity contribution in [3.63, 3.8) is 0 Å². The van der Waals surface area contributed by atoms with E-state index in [9.17, 15) is 0 Å². The molecule has 6 heteroatoms. The van der Waals surface area contributed by atoms with E-state index in [1.54, 1.807) is 17.2 Å². The van der Waals surface area contributed by atoms with Gasteiger partial charge >= 0.3 is 0 Å². The summed E-state index contributed by atoms with van der Waals surface area (Å²) < 4.78 is 2.25. The van der Waals surface area contributed by atoms with Gasteiger partial charge in [-0.3, -0.25) is 4.57 Å². The SMILES string of the molecule is C1=Cc2ccc(-n3nccn3)cc2N(c2ccc3c4ccccc4n(-c4ccccn4)c3c2)c2ccccc21. The number of hydrogen-bond acceptors (Lipinski definition) is 4. The van der Waals surface area contributed by atoms with Crippen LogP contribution in [0.25, 0.3) is 45.5 Å². The molecule has 7 aromatic rings. The van der Waals surface area contributed by atoms with Crippen LogP contribution in [0.4, 0.5) is 17.1 Å². The Labute approximate surface area is 224 Å². The average molecular weight is 503 g/mol. The maximum absolute atomic E-state index is 4.71. The van der Waals surface area contributed by atoms with Crippen LogP contribution in [0.5, 0.6) is 0 Å². The van der Waals surface area contributed by atoms with Crippen molar-refractivity contribution >= 4 is 51.0 Å². The molecule has 4 heterocycles. The highest BCUT2D eigenvalue weighted by atomic mass is 15.5. The van der Waals surface area contributed by atoms with Crippen LogP contribution in [0.1, 0.15) is 11.1 Å². The minimum Gasteiger partial charge on any atom is -0.309 e. The second kappa shape index (κ2) is 8.53. The summed E-state index contributed by atoms with van der Waals surface area (Å²) in [7, 11) is 0. The summed E-state index contributed by atoms with van der Waals surface area (Å²) in [6.45, 7) is 0. The molecule has 4 aromatic carbocycles. The van der Waals surface area contributed by atoms with Gasteiger partial charge in [-0.25, -0.2) is 4.98 Å². The van der Waals surface area contributed by atoms with Crippen molar-refractivity contribution < 1.29 is 0 Å². The van der Waals surface area contributed by atoms with Crippen LogP contribution < -0.4 is 4.90 Å². The molecule has 8 rings (SSSR count). The molecule has 0 amide bonds. The lowest BCUT2D eigenvalue weighted by Crippen LogP contribution is -2.13. The first-order valence-corrected chi connectivity index (χ1v) is 12.9. The molecule has 0 fully saturated rings. The molecule has 1 aliphatic rings. The quantitative estimate of drug-likeness (QED) is 0.248. The molecule has 0 spiro atoms. The summed E-state index contributed by atoms with van der Waals surface area (Å²) in [5.74, 6) is 0.895. The maximum Gasteiger partial charge on any atom is 0.137 e. The Morgan fingerprint density at radius 3 is 2.13 bits per heavy atom. The topological polar surface area (TPSA) is 51.8 Å². The van der Waals surface area contributed by atoms with Crippen molar-refractivity contribution in [2.75, 3.05) is 4.90 Å². The molecular weight excluding hydrogens is 480 g/mol. The standard InChI is InChI=1S/C33H22N6/c1-3-9-29-23(7-1)12-13-24-14-15-26(39-35-19-20-36-39)22-31(24)37(29)25-16-17-28-27-8-2-4-10-30(27)38(32(28)21-25)33-11-5-6-18-34-33/h1-22H. The first-order chi connectivity index (χ1) is 19.3. The summed E-state index contributed by atoms with van der Waals surface area (Å²) in [5, 5.41) is 11.1. The fourth-order valence-electron chi connectivity index (χ4n) is 5.59. The summed E-state index contributed by atoms with van der Waals surface area (Å²) >= 11 is 0. The lowest BCUT2D eigenvalue weighted by atomic mass is 10.1. The summed E-state index contributed by atoms with van der Waals surface area (Å²) in [6, 6.07) is 36.1. The van der Waals surface area contributed by atoms with Crippen molar-refractivity contribution in [2.24, 2.45) is 0 Å². The van der Waals surface area contributed by atoms with E-state index in [1.165, 1.54) is 10.8 Å². The Bertz CT molecular complexity index is 2020. The zero-order chi connectivity index (χ0) is 25.8. The van der Waals surface area contributed by atoms with Gasteiger partial charge in [-0.2, -0.15) is 15.0 Å². The Hall–Kier alpha value is -5.49. The molecule has 1 aliphatic heterocycles. The first kappa shape index (κ1) is 21.6. The third kappa shape index (κ3) is 3.39. The van der Waals surface area contributed by atoms with Gasteiger partial charge in [0.1, 0.15) is 5.82 Å². The van der Waals surface area contributed by atoms with E-state index < -0.39 is 0 Å². The molecule has 0 N–H and O–H groups in total. The fourth-order valence-corrected chi connectivity index (χ4v) is 5.59. The van der Waals surface area contributed by atoms with Crippen LogP contribution in [0, 0.1) is 0 Å². The second-order valence-corrected chi connectivity index (χ2v) is 9.53. The molecule has 0 atom stereocenters. The molecular formula is C33H22N6. The van der Waals surface area contributed by atoms with Crippen LogP contribution in [-0.2, 0) is 0 Å². The normalized spacial score (nSPS) is 12.5. The van der Waals surface area contributed by atoms with E-state index in [-0.39, 0.29) is 0 Å². The van der Waals surface area contributed by atoms with Gasteiger partial charge in [-0.1, -0.05) is 66.7 Å². The van der Waals surface area contributed by atoms with E-state index in [4.69, 9.17) is 4.98 Å². The summed E-state index contributed by atoms with van der Waals surface area (Å²) in [6.07, 6.45) is 9.60. The van der Waals surface area contributed by atoms with Gasteiger partial charge in [0, 0.05) is 22.7 Å². The number of anilines is 3. The zero-order valence-corrected chi connectivity index (χ0v) is 20.9. The number of fused-ring (bicyclic) bond motifs is 5.